The second-order valence-electron chi connectivity index (χ2n) is 9.37. The maximum absolute atomic E-state index is 13.7. The molecule has 2 heterocycles. The summed E-state index contributed by atoms with van der Waals surface area (Å²) in [5, 5.41) is 8.36. The van der Waals surface area contributed by atoms with Gasteiger partial charge in [-0.25, -0.2) is 14.8 Å². The van der Waals surface area contributed by atoms with Crippen molar-refractivity contribution in [3.8, 4) is 0 Å². The molecule has 2 aliphatic rings. The molecule has 2 unspecified atom stereocenters. The van der Waals surface area contributed by atoms with Crippen molar-refractivity contribution in [2.75, 3.05) is 25.0 Å². The highest BCUT2D eigenvalue weighted by molar-refractivity contribution is 6.02. The summed E-state index contributed by atoms with van der Waals surface area (Å²) in [6, 6.07) is 22.7. The molecule has 3 aromatic carbocycles. The lowest BCUT2D eigenvalue weighted by Gasteiger charge is -2.54. The van der Waals surface area contributed by atoms with E-state index in [9.17, 15) is 14.4 Å². The van der Waals surface area contributed by atoms with Crippen LogP contribution >= 0.6 is 0 Å². The lowest BCUT2D eigenvalue weighted by Crippen LogP contribution is -2.76. The lowest BCUT2D eigenvalue weighted by atomic mass is 10.0. The zero-order chi connectivity index (χ0) is 25.2. The molecule has 4 amide bonds. The number of benzene rings is 3. The molecule has 3 aromatic rings. The van der Waals surface area contributed by atoms with Crippen molar-refractivity contribution in [1.82, 2.24) is 20.2 Å². The maximum Gasteiger partial charge on any atom is 0.334 e. The minimum absolute atomic E-state index is 0.0404. The number of hydrazine groups is 1. The summed E-state index contributed by atoms with van der Waals surface area (Å²) in [5.74, 6) is -0.245. The molecule has 0 bridgehead atoms. The zero-order valence-electron chi connectivity index (χ0n) is 20.6. The quantitative estimate of drug-likeness (QED) is 0.599. The monoisotopic (exact) mass is 485 g/mol. The third kappa shape index (κ3) is 4.40. The van der Waals surface area contributed by atoms with Gasteiger partial charge in [-0.05, 0) is 34.9 Å². The van der Waals surface area contributed by atoms with E-state index in [0.29, 0.717) is 13.0 Å². The van der Waals surface area contributed by atoms with E-state index in [1.165, 1.54) is 0 Å². The van der Waals surface area contributed by atoms with Gasteiger partial charge in [0.1, 0.15) is 12.2 Å². The molecular weight excluding hydrogens is 454 g/mol. The van der Waals surface area contributed by atoms with Gasteiger partial charge < -0.3 is 15.1 Å². The molecule has 186 valence electrons. The Morgan fingerprint density at radius 1 is 0.972 bits per heavy atom. The number of carbonyl (C=O) groups excluding carboxylic acids is 3. The van der Waals surface area contributed by atoms with Crippen LogP contribution in [0.5, 0.6) is 0 Å². The number of urea groups is 1. The van der Waals surface area contributed by atoms with Crippen molar-refractivity contribution in [2.45, 2.75) is 38.5 Å². The van der Waals surface area contributed by atoms with Crippen molar-refractivity contribution in [2.24, 2.45) is 0 Å². The normalized spacial score (nSPS) is 20.6. The number of likely N-dealkylation sites (N-methyl/N-ethyl adjacent to an activating group) is 1. The number of carbonyl (C=O) groups is 3. The number of amides is 4. The number of rotatable bonds is 5. The topological polar surface area (TPSA) is 76.2 Å². The van der Waals surface area contributed by atoms with Crippen molar-refractivity contribution in [1.29, 1.82) is 0 Å². The molecule has 0 spiro atoms. The molecule has 2 fully saturated rings. The smallest absolute Gasteiger partial charge is 0.333 e. The van der Waals surface area contributed by atoms with Crippen LogP contribution in [0.3, 0.4) is 0 Å². The summed E-state index contributed by atoms with van der Waals surface area (Å²) >= 11 is 0. The number of hydrogen-bond donors (Lipinski definition) is 1. The largest absolute Gasteiger partial charge is 0.334 e. The molecule has 36 heavy (non-hydrogen) atoms. The van der Waals surface area contributed by atoms with Gasteiger partial charge in [-0.15, -0.1) is 0 Å². The molecule has 2 aliphatic heterocycles. The Morgan fingerprint density at radius 2 is 1.69 bits per heavy atom. The molecule has 2 saturated heterocycles. The van der Waals surface area contributed by atoms with Gasteiger partial charge >= 0.3 is 6.03 Å². The second kappa shape index (κ2) is 9.99. The fourth-order valence-corrected chi connectivity index (χ4v) is 5.22. The predicted octanol–water partition coefficient (Wildman–Crippen LogP) is 3.58. The number of fused-ring (bicyclic) bond motifs is 2. The van der Waals surface area contributed by atoms with Crippen molar-refractivity contribution in [3.63, 3.8) is 0 Å². The Hall–Kier alpha value is -3.91. The zero-order valence-corrected chi connectivity index (χ0v) is 20.6. The number of hydrogen-bond acceptors (Lipinski definition) is 4. The average molecular weight is 486 g/mol. The molecule has 0 aliphatic carbocycles. The molecule has 0 saturated carbocycles. The first kappa shape index (κ1) is 23.8. The van der Waals surface area contributed by atoms with E-state index in [4.69, 9.17) is 0 Å². The Balaban J connectivity index is 1.47. The minimum atomic E-state index is -0.620. The highest BCUT2D eigenvalue weighted by Gasteiger charge is 2.50. The average Bonchev–Trinajstić information content (AvgIpc) is 2.89. The molecule has 8 heteroatoms. The van der Waals surface area contributed by atoms with Crippen LogP contribution in [-0.2, 0) is 16.1 Å². The van der Waals surface area contributed by atoms with E-state index in [1.807, 2.05) is 79.7 Å². The number of nitrogens with zero attached hydrogens (tertiary/aromatic N) is 4. The van der Waals surface area contributed by atoms with Crippen LogP contribution in [0, 0.1) is 0 Å². The Morgan fingerprint density at radius 3 is 2.44 bits per heavy atom. The summed E-state index contributed by atoms with van der Waals surface area (Å²) in [6.07, 6.45) is 0.677. The van der Waals surface area contributed by atoms with Crippen LogP contribution in [0.15, 0.2) is 72.8 Å². The van der Waals surface area contributed by atoms with Crippen molar-refractivity contribution < 1.29 is 14.4 Å². The van der Waals surface area contributed by atoms with E-state index in [1.54, 1.807) is 26.9 Å². The molecule has 1 N–H and O–H groups in total. The molecular formula is C28H31N5O3. The lowest BCUT2D eigenvalue weighted by molar-refractivity contribution is -0.175. The van der Waals surface area contributed by atoms with E-state index in [0.717, 1.165) is 28.4 Å². The third-order valence-electron chi connectivity index (χ3n) is 6.96. The van der Waals surface area contributed by atoms with E-state index < -0.39 is 12.2 Å². The molecule has 0 radical (unpaired) electrons. The van der Waals surface area contributed by atoms with Gasteiger partial charge in [0.15, 0.2) is 0 Å². The number of piperazine rings is 1. The number of anilines is 1. The molecule has 5 rings (SSSR count). The summed E-state index contributed by atoms with van der Waals surface area (Å²) in [6.45, 7) is 2.61. The Labute approximate surface area is 211 Å². The fraction of sp³-hybridized carbons (Fsp3) is 0.321. The van der Waals surface area contributed by atoms with Gasteiger partial charge in [-0.2, -0.15) is 0 Å². The van der Waals surface area contributed by atoms with Gasteiger partial charge in [0.05, 0.1) is 13.1 Å². The van der Waals surface area contributed by atoms with Crippen LogP contribution in [0.4, 0.5) is 10.5 Å². The maximum atomic E-state index is 13.7. The predicted molar refractivity (Wildman–Crippen MR) is 139 cm³/mol. The summed E-state index contributed by atoms with van der Waals surface area (Å²) in [5.41, 5.74) is 1.75. The van der Waals surface area contributed by atoms with E-state index in [-0.39, 0.29) is 30.9 Å². The summed E-state index contributed by atoms with van der Waals surface area (Å²) in [7, 11) is 1.74. The van der Waals surface area contributed by atoms with Gasteiger partial charge in [-0.1, -0.05) is 74.0 Å². The molecule has 2 atom stereocenters. The third-order valence-corrected chi connectivity index (χ3v) is 6.96. The standard InChI is InChI=1S/C28H31N5O3/c1-3-9-24-27(35)31(23-15-14-21-12-7-8-13-22(21)16-23)18-25-32(24)26(34)19-30(2)33(25)28(36)29-17-20-10-5-4-6-11-20/h4-8,10-16,24-25H,3,9,17-19H2,1-2H3,(H,29,36). The first-order valence-electron chi connectivity index (χ1n) is 12.4. The SMILES string of the molecule is CCCC1C(=O)N(c2ccc3ccccc3c2)CC2N1C(=O)CN(C)N2C(=O)NCc1ccccc1. The van der Waals surface area contributed by atoms with Gasteiger partial charge in [0, 0.05) is 19.3 Å². The van der Waals surface area contributed by atoms with E-state index >= 15 is 0 Å². The first-order chi connectivity index (χ1) is 17.5. The second-order valence-corrected chi connectivity index (χ2v) is 9.37. The molecule has 0 aromatic heterocycles. The van der Waals surface area contributed by atoms with Crippen molar-refractivity contribution >= 4 is 34.3 Å². The first-order valence-corrected chi connectivity index (χ1v) is 12.4. The van der Waals surface area contributed by atoms with Crippen LogP contribution in [0.2, 0.25) is 0 Å². The highest BCUT2D eigenvalue weighted by atomic mass is 16.2. The molecule has 8 nitrogen and oxygen atoms in total. The van der Waals surface area contributed by atoms with Gasteiger partial charge in [0.2, 0.25) is 11.8 Å². The highest BCUT2D eigenvalue weighted by Crippen LogP contribution is 2.32. The van der Waals surface area contributed by atoms with E-state index in [2.05, 4.69) is 5.32 Å². The van der Waals surface area contributed by atoms with Gasteiger partial charge in [0.25, 0.3) is 0 Å². The Kier molecular flexibility index (Phi) is 6.61. The van der Waals surface area contributed by atoms with Crippen LogP contribution in [0.1, 0.15) is 25.3 Å². The fourth-order valence-electron chi connectivity index (χ4n) is 5.22. The minimum Gasteiger partial charge on any atom is -0.333 e. The van der Waals surface area contributed by atoms with Crippen LogP contribution < -0.4 is 10.2 Å². The van der Waals surface area contributed by atoms with Crippen LogP contribution in [-0.4, -0.2) is 65.1 Å². The van der Waals surface area contributed by atoms with Crippen molar-refractivity contribution in [3.05, 3.63) is 78.4 Å². The summed E-state index contributed by atoms with van der Waals surface area (Å²) < 4.78 is 0. The summed E-state index contributed by atoms with van der Waals surface area (Å²) in [4.78, 5) is 43.7. The Bertz CT molecular complexity index is 1280. The number of nitrogens with one attached hydrogen (secondary N) is 1. The van der Waals surface area contributed by atoms with Crippen LogP contribution in [0.25, 0.3) is 10.8 Å². The van der Waals surface area contributed by atoms with Gasteiger partial charge in [-0.3, -0.25) is 9.59 Å².